The first kappa shape index (κ1) is 64.6. The summed E-state index contributed by atoms with van der Waals surface area (Å²) >= 11 is 0. The van der Waals surface area contributed by atoms with Crippen molar-refractivity contribution in [1.82, 2.24) is 24.4 Å². The van der Waals surface area contributed by atoms with Gasteiger partial charge in [-0.3, -0.25) is 19.4 Å². The van der Waals surface area contributed by atoms with E-state index in [0.717, 1.165) is 105 Å². The van der Waals surface area contributed by atoms with E-state index in [4.69, 9.17) is 39.0 Å². The van der Waals surface area contributed by atoms with E-state index < -0.39 is 70.1 Å². The largest absolute Gasteiger partial charge is 0.490 e. The van der Waals surface area contributed by atoms with Crippen molar-refractivity contribution in [3.63, 3.8) is 0 Å². The molecule has 8 N–H and O–H groups in total. The summed E-state index contributed by atoms with van der Waals surface area (Å²) in [6.45, 7) is 6.88. The van der Waals surface area contributed by atoms with Gasteiger partial charge in [-0.05, 0) is 93.8 Å². The van der Waals surface area contributed by atoms with Crippen LogP contribution in [0.5, 0.6) is 11.5 Å². The Balaban J connectivity index is 0.704. The summed E-state index contributed by atoms with van der Waals surface area (Å²) in [5.74, 6) is 6.32. The third-order valence-corrected chi connectivity index (χ3v) is 23.3. The molecule has 0 saturated carbocycles. The average Bonchev–Trinajstić information content (AvgIpc) is 1.42. The summed E-state index contributed by atoms with van der Waals surface area (Å²) in [5, 5.41) is 28.3. The molecule has 2 aromatic heterocycles. The predicted molar refractivity (Wildman–Crippen MR) is 335 cm³/mol. The molecule has 1 saturated heterocycles. The van der Waals surface area contributed by atoms with Crippen molar-refractivity contribution in [2.75, 3.05) is 62.5 Å². The molecule has 2 unspecified atom stereocenters. The number of amides is 1. The van der Waals surface area contributed by atoms with Crippen LogP contribution in [0.1, 0.15) is 117 Å². The highest BCUT2D eigenvalue weighted by Gasteiger charge is 2.45. The van der Waals surface area contributed by atoms with Crippen LogP contribution in [0, 0.1) is 22.0 Å². The number of nitro groups is 1. The molecule has 12 rings (SSSR count). The lowest BCUT2D eigenvalue weighted by atomic mass is 9.81. The molecule has 1 fully saturated rings. The molecular formula is C59H64N8O19P3S2+. The normalized spacial score (nSPS) is 19.6. The molecule has 8 heterocycles. The fraction of sp³-hybridized carbons (Fsp3) is 0.407. The number of carbonyl (C=O) groups excluding carboxylic acids is 1. The van der Waals surface area contributed by atoms with Crippen LogP contribution >= 0.6 is 45.1 Å². The van der Waals surface area contributed by atoms with Gasteiger partial charge in [-0.1, -0.05) is 51.6 Å². The summed E-state index contributed by atoms with van der Waals surface area (Å²) in [4.78, 5) is 87.5. The molecule has 480 valence electrons. The lowest BCUT2D eigenvalue weighted by molar-refractivity contribution is -0.386. The van der Waals surface area contributed by atoms with Gasteiger partial charge in [-0.25, -0.2) is 33.0 Å². The molecule has 0 bridgehead atoms. The lowest BCUT2D eigenvalue weighted by Crippen LogP contribution is -2.45. The first-order valence-corrected chi connectivity index (χ1v) is 36.1. The maximum Gasteiger partial charge on any atom is 0.490 e. The Morgan fingerprint density at radius 3 is 2.47 bits per heavy atom. The van der Waals surface area contributed by atoms with Gasteiger partial charge in [0.25, 0.3) is 11.6 Å². The van der Waals surface area contributed by atoms with Crippen molar-refractivity contribution in [2.24, 2.45) is 0 Å². The SMILES string of the molecule is CC(C)(CNC(=O)c1ccc(C2=c3cc4c5c(c3Oc3c2cc2c6c3CCCN6CCC2)CCC[N+]=5CCC4)c(C(=O)O)c1)SSCOCC#Cc1cn([C@H]2C[C@@H](OCc3ccccc3[N+](=O)[O-])[C@@H](COP(=O)(O)OP(=O)(O)OP(=O)(O)O)O2)c2ncnc(N)c12. The van der Waals surface area contributed by atoms with E-state index in [0.29, 0.717) is 16.5 Å². The number of nitrogen functional groups attached to an aromatic ring is 1. The Labute approximate surface area is 528 Å². The standard InChI is InChI=1S/C59H63N8O19P3S2/c1-59(2,31-61-57(68)36-17-18-39(42(26-36)58(69)70)50-43-24-34-11-5-19-64-21-7-14-40(51(34)64)53(43)84-54-41-15-8-22-65-20-6-12-35(52(41)65)25-44(50)54)91-90-33-80-23-9-13-37-28-66(56-49(37)55(60)62-32-63-56)48-27-46(81-29-38-10-3-4-16-45(38)67(71)72)47(83-48)30-82-88(76,77)86-89(78,79)85-87(73,74)75/h3-4,10,16-18,24-26,28,32,46-48H,5-8,11-12,14-15,19-23,27,29-31,33H2,1-2H3,(H7-,60,61,62,63,68,69,70,73,74,75,76,77,78,79)/p+1/t46-,47-,48-/m1/s1. The Bertz CT molecular complexity index is 4320. The maximum atomic E-state index is 14.0. The molecule has 4 aromatic carbocycles. The Hall–Kier alpha value is -6.54. The number of carboxylic acids is 1. The van der Waals surface area contributed by atoms with Gasteiger partial charge in [0, 0.05) is 94.6 Å². The van der Waals surface area contributed by atoms with Gasteiger partial charge >= 0.3 is 29.4 Å². The van der Waals surface area contributed by atoms with Crippen LogP contribution in [0.15, 0.2) is 67.1 Å². The number of aromatic nitrogens is 3. The number of benzene rings is 4. The molecule has 27 nitrogen and oxygen atoms in total. The van der Waals surface area contributed by atoms with E-state index in [-0.39, 0.29) is 66.0 Å². The third-order valence-electron chi connectivity index (χ3n) is 16.5. The molecule has 32 heteroatoms. The van der Waals surface area contributed by atoms with Crippen LogP contribution in [-0.2, 0) is 73.3 Å². The fourth-order valence-electron chi connectivity index (χ4n) is 12.8. The zero-order valence-corrected chi connectivity index (χ0v) is 53.5. The number of nitrogens with one attached hydrogen (secondary N) is 1. The summed E-state index contributed by atoms with van der Waals surface area (Å²) in [7, 11) is -14.3. The number of nitrogens with two attached hydrogens (primary N) is 1. The van der Waals surface area contributed by atoms with Gasteiger partial charge in [0.2, 0.25) is 5.36 Å². The number of rotatable bonds is 22. The van der Waals surface area contributed by atoms with Crippen molar-refractivity contribution in [3.05, 3.63) is 143 Å². The maximum absolute atomic E-state index is 14.0. The number of ether oxygens (including phenoxy) is 4. The van der Waals surface area contributed by atoms with Gasteiger partial charge < -0.3 is 64.1 Å². The molecule has 5 atom stereocenters. The second kappa shape index (κ2) is 26.1. The van der Waals surface area contributed by atoms with Crippen molar-refractivity contribution in [2.45, 2.75) is 101 Å². The Kier molecular flexibility index (Phi) is 18.5. The second-order valence-electron chi connectivity index (χ2n) is 23.2. The van der Waals surface area contributed by atoms with E-state index in [2.05, 4.69) is 57.4 Å². The summed E-state index contributed by atoms with van der Waals surface area (Å²) < 4.78 is 77.4. The zero-order valence-electron chi connectivity index (χ0n) is 49.2. The quantitative estimate of drug-likeness (QED) is 0.00516. The predicted octanol–water partition coefficient (Wildman–Crippen LogP) is 7.19. The van der Waals surface area contributed by atoms with Crippen LogP contribution in [0.25, 0.3) is 16.6 Å². The van der Waals surface area contributed by atoms with Crippen molar-refractivity contribution in [3.8, 4) is 23.3 Å². The van der Waals surface area contributed by atoms with E-state index in [9.17, 15) is 48.3 Å². The zero-order chi connectivity index (χ0) is 64.1. The van der Waals surface area contributed by atoms with Gasteiger partial charge in [0.05, 0.1) is 51.9 Å². The van der Waals surface area contributed by atoms with Crippen molar-refractivity contribution >= 4 is 90.7 Å². The fourth-order valence-corrected chi connectivity index (χ4v) is 18.0. The number of hydrogen-bond acceptors (Lipinski definition) is 20. The Morgan fingerprint density at radius 2 is 1.69 bits per heavy atom. The van der Waals surface area contributed by atoms with Gasteiger partial charge in [-0.2, -0.15) is 8.62 Å². The smallest absolute Gasteiger partial charge is 0.478 e. The van der Waals surface area contributed by atoms with E-state index in [1.54, 1.807) is 29.0 Å². The van der Waals surface area contributed by atoms with Crippen LogP contribution in [0.4, 0.5) is 17.2 Å². The minimum absolute atomic E-state index is 0.0285. The molecule has 6 aromatic rings. The minimum Gasteiger partial charge on any atom is -0.478 e. The summed E-state index contributed by atoms with van der Waals surface area (Å²) in [5.41, 5.74) is 15.5. The number of carboxylic acid groups (broad SMARTS) is 1. The number of hydrogen-bond donors (Lipinski definition) is 7. The van der Waals surface area contributed by atoms with Crippen LogP contribution in [-0.4, -0.2) is 125 Å². The van der Waals surface area contributed by atoms with Gasteiger partial charge in [-0.15, -0.1) is 0 Å². The average molecular weight is 1350 g/mol. The van der Waals surface area contributed by atoms with Gasteiger partial charge in [0.1, 0.15) is 67.3 Å². The number of nitro benzene ring substituents is 1. The number of anilines is 2. The molecule has 0 aliphatic carbocycles. The monoisotopic (exact) mass is 1350 g/mol. The third kappa shape index (κ3) is 13.9. The molecule has 0 radical (unpaired) electrons. The number of aromatic carboxylic acids is 1. The highest BCUT2D eigenvalue weighted by molar-refractivity contribution is 8.77. The lowest BCUT2D eigenvalue weighted by Gasteiger charge is -2.39. The van der Waals surface area contributed by atoms with E-state index in [1.165, 1.54) is 85.5 Å². The highest BCUT2D eigenvalue weighted by atomic mass is 33.1. The molecule has 6 aliphatic heterocycles. The van der Waals surface area contributed by atoms with E-state index in [1.807, 2.05) is 13.8 Å². The first-order valence-electron chi connectivity index (χ1n) is 29.3. The molecule has 6 aliphatic rings. The molecular weight excluding hydrogens is 1280 g/mol. The Morgan fingerprint density at radius 1 is 0.934 bits per heavy atom. The number of aryl methyl sites for hydroxylation is 2. The topological polar surface area (TPSA) is 369 Å². The van der Waals surface area contributed by atoms with Gasteiger partial charge in [0.15, 0.2) is 0 Å². The highest BCUT2D eigenvalue weighted by Crippen LogP contribution is 2.66. The number of nitrogens with zero attached hydrogens (tertiary/aromatic N) is 6. The van der Waals surface area contributed by atoms with Crippen molar-refractivity contribution in [1.29, 1.82) is 0 Å². The number of carbonyl (C=O) groups is 2. The number of phosphoric ester groups is 1. The molecule has 1 amide bonds. The molecule has 0 spiro atoms. The van der Waals surface area contributed by atoms with Crippen LogP contribution in [0.2, 0.25) is 0 Å². The number of para-hydroxylation sites is 1. The number of fused-ring (bicyclic) bond motifs is 5. The minimum atomic E-state index is -5.86. The first-order chi connectivity index (χ1) is 43.4. The second-order valence-corrected chi connectivity index (χ2v) is 30.6. The molecule has 91 heavy (non-hydrogen) atoms. The summed E-state index contributed by atoms with van der Waals surface area (Å²) in [6.07, 6.45) is 7.03. The number of phosphoric acid groups is 3. The van der Waals surface area contributed by atoms with Crippen LogP contribution < -0.4 is 35.8 Å². The summed E-state index contributed by atoms with van der Waals surface area (Å²) in [6, 6.07) is 15.2. The van der Waals surface area contributed by atoms with Crippen LogP contribution in [0.3, 0.4) is 0 Å². The van der Waals surface area contributed by atoms with Crippen molar-refractivity contribution < 1.29 is 85.0 Å². The van der Waals surface area contributed by atoms with E-state index >= 15 is 0 Å².